The number of esters is 1. The van der Waals surface area contributed by atoms with Crippen molar-refractivity contribution in [3.63, 3.8) is 0 Å². The number of aromatic nitrogens is 1. The van der Waals surface area contributed by atoms with Crippen LogP contribution in [0.2, 0.25) is 0 Å². The highest BCUT2D eigenvalue weighted by molar-refractivity contribution is 5.93. The van der Waals surface area contributed by atoms with Crippen molar-refractivity contribution in [3.05, 3.63) is 78.0 Å². The van der Waals surface area contributed by atoms with Gasteiger partial charge in [-0.25, -0.2) is 4.79 Å². The molecule has 1 amide bonds. The van der Waals surface area contributed by atoms with Gasteiger partial charge in [0, 0.05) is 23.2 Å². The highest BCUT2D eigenvalue weighted by Crippen LogP contribution is 2.17. The average molecular weight is 390 g/mol. The molecule has 0 spiro atoms. The lowest BCUT2D eigenvalue weighted by Gasteiger charge is -2.08. The molecule has 6 heteroatoms. The van der Waals surface area contributed by atoms with Crippen LogP contribution >= 0.6 is 0 Å². The molecule has 0 atom stereocenters. The minimum absolute atomic E-state index is 0.321. The van der Waals surface area contributed by atoms with Crippen LogP contribution in [0.4, 0.5) is 0 Å². The van der Waals surface area contributed by atoms with E-state index in [0.717, 1.165) is 27.8 Å². The number of hydrogen-bond donors (Lipinski definition) is 1. The van der Waals surface area contributed by atoms with Crippen LogP contribution < -0.4 is 10.1 Å². The minimum Gasteiger partial charge on any atom is -0.492 e. The van der Waals surface area contributed by atoms with Crippen LogP contribution in [0.15, 0.2) is 66.9 Å². The summed E-state index contributed by atoms with van der Waals surface area (Å²) in [6.45, 7) is 2.29. The summed E-state index contributed by atoms with van der Waals surface area (Å²) in [5.41, 5.74) is 2.70. The molecule has 0 bridgehead atoms. The maximum atomic E-state index is 11.9. The van der Waals surface area contributed by atoms with Crippen molar-refractivity contribution in [1.82, 2.24) is 10.3 Å². The van der Waals surface area contributed by atoms with E-state index < -0.39 is 5.97 Å². The molecule has 0 fully saturated rings. The zero-order valence-electron chi connectivity index (χ0n) is 16.1. The van der Waals surface area contributed by atoms with Crippen LogP contribution in [0.3, 0.4) is 0 Å². The Bertz CT molecular complexity index is 1020. The Morgan fingerprint density at radius 3 is 2.79 bits per heavy atom. The second-order valence-corrected chi connectivity index (χ2v) is 6.38. The number of ether oxygens (including phenoxy) is 2. The molecule has 0 unspecified atom stereocenters. The van der Waals surface area contributed by atoms with Gasteiger partial charge in [-0.1, -0.05) is 36.4 Å². The van der Waals surface area contributed by atoms with Crippen LogP contribution in [-0.4, -0.2) is 36.6 Å². The lowest BCUT2D eigenvalue weighted by atomic mass is 10.1. The van der Waals surface area contributed by atoms with E-state index in [0.29, 0.717) is 13.2 Å². The third-order valence-electron chi connectivity index (χ3n) is 4.09. The van der Waals surface area contributed by atoms with Crippen molar-refractivity contribution < 1.29 is 19.1 Å². The average Bonchev–Trinajstić information content (AvgIpc) is 2.74. The molecule has 29 heavy (non-hydrogen) atoms. The SMILES string of the molecule is Cc1cccc(OCCNC(=O)COC(=O)/C=C/c2cccc3cccnc23)c1. The number of para-hydroxylation sites is 1. The Hall–Kier alpha value is -3.67. The molecule has 2 aromatic carbocycles. The quantitative estimate of drug-likeness (QED) is 0.363. The van der Waals surface area contributed by atoms with Gasteiger partial charge in [-0.15, -0.1) is 0 Å². The molecule has 0 saturated carbocycles. The minimum atomic E-state index is -0.593. The van der Waals surface area contributed by atoms with E-state index in [9.17, 15) is 9.59 Å². The number of nitrogens with one attached hydrogen (secondary N) is 1. The molecule has 0 aliphatic rings. The van der Waals surface area contributed by atoms with Gasteiger partial charge >= 0.3 is 5.97 Å². The van der Waals surface area contributed by atoms with Gasteiger partial charge in [-0.05, 0) is 36.8 Å². The molecule has 148 valence electrons. The van der Waals surface area contributed by atoms with Crippen molar-refractivity contribution >= 4 is 28.9 Å². The predicted octanol–water partition coefficient (Wildman–Crippen LogP) is 3.29. The van der Waals surface area contributed by atoms with Crippen molar-refractivity contribution in [2.45, 2.75) is 6.92 Å². The van der Waals surface area contributed by atoms with E-state index in [1.165, 1.54) is 6.08 Å². The van der Waals surface area contributed by atoms with Crippen LogP contribution in [-0.2, 0) is 14.3 Å². The summed E-state index contributed by atoms with van der Waals surface area (Å²) in [7, 11) is 0. The van der Waals surface area contributed by atoms with E-state index in [1.807, 2.05) is 61.5 Å². The van der Waals surface area contributed by atoms with Gasteiger partial charge in [0.15, 0.2) is 6.61 Å². The Labute approximate surface area is 169 Å². The van der Waals surface area contributed by atoms with Crippen LogP contribution in [0.5, 0.6) is 5.75 Å². The smallest absolute Gasteiger partial charge is 0.331 e. The Balaban J connectivity index is 1.39. The van der Waals surface area contributed by atoms with Gasteiger partial charge in [-0.2, -0.15) is 0 Å². The molecule has 1 aromatic heterocycles. The molecule has 1 heterocycles. The van der Waals surface area contributed by atoms with Crippen molar-refractivity contribution in [1.29, 1.82) is 0 Å². The Kier molecular flexibility index (Phi) is 6.95. The zero-order chi connectivity index (χ0) is 20.5. The fraction of sp³-hybridized carbons (Fsp3) is 0.174. The standard InChI is InChI=1S/C23H22N2O4/c1-17-5-2-9-20(15-17)28-14-13-24-21(26)16-29-22(27)11-10-19-7-3-6-18-8-4-12-25-23(18)19/h2-12,15H,13-14,16H2,1H3,(H,24,26)/b11-10+. The molecule has 0 aliphatic heterocycles. The van der Waals surface area contributed by atoms with Crippen LogP contribution in [0.25, 0.3) is 17.0 Å². The van der Waals surface area contributed by atoms with Gasteiger partial charge in [0.1, 0.15) is 12.4 Å². The number of aryl methyl sites for hydroxylation is 1. The topological polar surface area (TPSA) is 77.5 Å². The monoisotopic (exact) mass is 390 g/mol. The first-order chi connectivity index (χ1) is 14.1. The lowest BCUT2D eigenvalue weighted by Crippen LogP contribution is -2.31. The van der Waals surface area contributed by atoms with Crippen LogP contribution in [0.1, 0.15) is 11.1 Å². The summed E-state index contributed by atoms with van der Waals surface area (Å²) in [4.78, 5) is 28.0. The molecule has 6 nitrogen and oxygen atoms in total. The molecular formula is C23H22N2O4. The summed E-state index contributed by atoms with van der Waals surface area (Å²) in [5, 5.41) is 3.63. The fourth-order valence-corrected chi connectivity index (χ4v) is 2.72. The van der Waals surface area contributed by atoms with E-state index in [1.54, 1.807) is 12.3 Å². The van der Waals surface area contributed by atoms with E-state index in [2.05, 4.69) is 10.3 Å². The first kappa shape index (κ1) is 20.1. The first-order valence-electron chi connectivity index (χ1n) is 9.26. The number of amides is 1. The molecule has 0 saturated heterocycles. The predicted molar refractivity (Wildman–Crippen MR) is 111 cm³/mol. The summed E-state index contributed by atoms with van der Waals surface area (Å²) in [5.74, 6) is -0.228. The van der Waals surface area contributed by atoms with Gasteiger partial charge in [0.25, 0.3) is 5.91 Å². The number of pyridine rings is 1. The van der Waals surface area contributed by atoms with E-state index in [-0.39, 0.29) is 12.5 Å². The Morgan fingerprint density at radius 1 is 1.10 bits per heavy atom. The van der Waals surface area contributed by atoms with E-state index >= 15 is 0 Å². The van der Waals surface area contributed by atoms with Crippen molar-refractivity contribution in [2.24, 2.45) is 0 Å². The number of carbonyl (C=O) groups excluding carboxylic acids is 2. The fourth-order valence-electron chi connectivity index (χ4n) is 2.72. The van der Waals surface area contributed by atoms with Crippen molar-refractivity contribution in [3.8, 4) is 5.75 Å². The first-order valence-corrected chi connectivity index (χ1v) is 9.26. The number of rotatable bonds is 8. The molecule has 0 aliphatic carbocycles. The molecule has 3 rings (SSSR count). The summed E-state index contributed by atoms with van der Waals surface area (Å²) in [6, 6.07) is 17.2. The molecule has 3 aromatic rings. The van der Waals surface area contributed by atoms with Gasteiger partial charge in [-0.3, -0.25) is 9.78 Å². The molecular weight excluding hydrogens is 368 g/mol. The maximum absolute atomic E-state index is 11.9. The summed E-state index contributed by atoms with van der Waals surface area (Å²) >= 11 is 0. The summed E-state index contributed by atoms with van der Waals surface area (Å²) in [6.07, 6.45) is 4.62. The lowest BCUT2D eigenvalue weighted by molar-refractivity contribution is -0.143. The van der Waals surface area contributed by atoms with Gasteiger partial charge < -0.3 is 14.8 Å². The van der Waals surface area contributed by atoms with Gasteiger partial charge in [0.2, 0.25) is 0 Å². The normalized spacial score (nSPS) is 10.8. The third-order valence-corrected chi connectivity index (χ3v) is 4.09. The zero-order valence-corrected chi connectivity index (χ0v) is 16.1. The Morgan fingerprint density at radius 2 is 1.93 bits per heavy atom. The van der Waals surface area contributed by atoms with Crippen molar-refractivity contribution in [2.75, 3.05) is 19.8 Å². The van der Waals surface area contributed by atoms with E-state index in [4.69, 9.17) is 9.47 Å². The molecule has 0 radical (unpaired) electrons. The number of carbonyl (C=O) groups is 2. The number of fused-ring (bicyclic) bond motifs is 1. The second kappa shape index (κ2) is 10.0. The highest BCUT2D eigenvalue weighted by atomic mass is 16.5. The largest absolute Gasteiger partial charge is 0.492 e. The third kappa shape index (κ3) is 6.17. The number of nitrogens with zero attached hydrogens (tertiary/aromatic N) is 1. The number of hydrogen-bond acceptors (Lipinski definition) is 5. The highest BCUT2D eigenvalue weighted by Gasteiger charge is 2.05. The number of benzene rings is 2. The maximum Gasteiger partial charge on any atom is 0.331 e. The molecule has 1 N–H and O–H groups in total. The second-order valence-electron chi connectivity index (χ2n) is 6.38. The summed E-state index contributed by atoms with van der Waals surface area (Å²) < 4.78 is 10.5. The van der Waals surface area contributed by atoms with Gasteiger partial charge in [0.05, 0.1) is 12.1 Å². The van der Waals surface area contributed by atoms with Crippen LogP contribution in [0, 0.1) is 6.92 Å².